The molecular formula is C12H24N2OS. The van der Waals surface area contributed by atoms with Gasteiger partial charge in [0.25, 0.3) is 0 Å². The minimum Gasteiger partial charge on any atom is -0.372 e. The lowest BCUT2D eigenvalue weighted by atomic mass is 10.1. The van der Waals surface area contributed by atoms with Gasteiger partial charge in [-0.15, -0.1) is 0 Å². The molecule has 0 radical (unpaired) electrons. The Morgan fingerprint density at radius 2 is 2.06 bits per heavy atom. The van der Waals surface area contributed by atoms with Gasteiger partial charge in [-0.1, -0.05) is 6.92 Å². The minimum absolute atomic E-state index is 0.492. The molecule has 3 atom stereocenters. The van der Waals surface area contributed by atoms with E-state index in [9.17, 15) is 0 Å². The maximum Gasteiger partial charge on any atom is 0.0707 e. The number of nitrogens with zero attached hydrogens (tertiary/aromatic N) is 1. The number of nitrogens with two attached hydrogens (primary N) is 1. The fraction of sp³-hybridized carbons (Fsp3) is 1.00. The molecule has 2 rings (SSSR count). The summed E-state index contributed by atoms with van der Waals surface area (Å²) in [5, 5.41) is 0. The summed E-state index contributed by atoms with van der Waals surface area (Å²) >= 11 is 2.02. The summed E-state index contributed by atoms with van der Waals surface area (Å²) in [5.41, 5.74) is 5.91. The van der Waals surface area contributed by atoms with Crippen molar-refractivity contribution >= 4 is 11.8 Å². The van der Waals surface area contributed by atoms with Crippen molar-refractivity contribution < 1.29 is 4.74 Å². The number of hydrogen-bond acceptors (Lipinski definition) is 4. The normalized spacial score (nSPS) is 31.9. The Morgan fingerprint density at radius 3 is 2.62 bits per heavy atom. The third-order valence-electron chi connectivity index (χ3n) is 3.66. The second-order valence-electron chi connectivity index (χ2n) is 4.79. The molecule has 2 aliphatic heterocycles. The average Bonchev–Trinajstić information content (AvgIpc) is 2.64. The Labute approximate surface area is 103 Å². The van der Waals surface area contributed by atoms with Crippen LogP contribution in [0.2, 0.25) is 0 Å². The summed E-state index contributed by atoms with van der Waals surface area (Å²) in [4.78, 5) is 2.57. The Kier molecular flexibility index (Phi) is 4.95. The molecule has 94 valence electrons. The van der Waals surface area contributed by atoms with Gasteiger partial charge in [-0.3, -0.25) is 4.90 Å². The van der Waals surface area contributed by atoms with E-state index in [1.54, 1.807) is 0 Å². The van der Waals surface area contributed by atoms with Crippen LogP contribution >= 0.6 is 11.8 Å². The second-order valence-corrected chi connectivity index (χ2v) is 6.18. The molecule has 0 aromatic rings. The average molecular weight is 244 g/mol. The summed E-state index contributed by atoms with van der Waals surface area (Å²) in [6.07, 6.45) is 4.72. The zero-order valence-corrected chi connectivity index (χ0v) is 11.0. The third kappa shape index (κ3) is 3.13. The van der Waals surface area contributed by atoms with Crippen molar-refractivity contribution in [2.75, 3.05) is 31.1 Å². The van der Waals surface area contributed by atoms with Crippen LogP contribution in [-0.2, 0) is 4.74 Å². The molecule has 2 aliphatic rings. The number of morpholine rings is 1. The molecule has 2 saturated heterocycles. The van der Waals surface area contributed by atoms with E-state index < -0.39 is 0 Å². The number of thioether (sulfide) groups is 1. The van der Waals surface area contributed by atoms with Crippen LogP contribution in [0.4, 0.5) is 0 Å². The van der Waals surface area contributed by atoms with Gasteiger partial charge >= 0.3 is 0 Å². The molecule has 2 heterocycles. The van der Waals surface area contributed by atoms with Crippen LogP contribution < -0.4 is 5.73 Å². The van der Waals surface area contributed by atoms with E-state index in [4.69, 9.17) is 10.5 Å². The largest absolute Gasteiger partial charge is 0.372 e. The van der Waals surface area contributed by atoms with E-state index >= 15 is 0 Å². The fourth-order valence-corrected chi connectivity index (χ4v) is 3.49. The van der Waals surface area contributed by atoms with E-state index in [1.165, 1.54) is 30.8 Å². The quantitative estimate of drug-likeness (QED) is 0.715. The highest BCUT2D eigenvalue weighted by Gasteiger charge is 2.35. The first-order valence-corrected chi connectivity index (χ1v) is 7.66. The lowest BCUT2D eigenvalue weighted by molar-refractivity contribution is -0.0517. The molecule has 0 aromatic heterocycles. The molecule has 0 amide bonds. The lowest BCUT2D eigenvalue weighted by Crippen LogP contribution is -2.50. The van der Waals surface area contributed by atoms with Crippen LogP contribution in [0.15, 0.2) is 0 Å². The molecule has 2 N–H and O–H groups in total. The van der Waals surface area contributed by atoms with Crippen LogP contribution in [0.3, 0.4) is 0 Å². The van der Waals surface area contributed by atoms with Crippen LogP contribution in [0.5, 0.6) is 0 Å². The van der Waals surface area contributed by atoms with Crippen LogP contribution in [0.25, 0.3) is 0 Å². The van der Waals surface area contributed by atoms with Crippen LogP contribution in [-0.4, -0.2) is 54.3 Å². The predicted molar refractivity (Wildman–Crippen MR) is 69.9 cm³/mol. The highest BCUT2D eigenvalue weighted by Crippen LogP contribution is 2.27. The van der Waals surface area contributed by atoms with Crippen molar-refractivity contribution in [2.24, 2.45) is 5.73 Å². The van der Waals surface area contributed by atoms with Gasteiger partial charge in [0.05, 0.1) is 12.2 Å². The second kappa shape index (κ2) is 6.24. The van der Waals surface area contributed by atoms with Gasteiger partial charge < -0.3 is 10.5 Å². The van der Waals surface area contributed by atoms with Crippen molar-refractivity contribution in [3.63, 3.8) is 0 Å². The van der Waals surface area contributed by atoms with Crippen molar-refractivity contribution in [2.45, 2.75) is 44.4 Å². The van der Waals surface area contributed by atoms with Crippen molar-refractivity contribution in [3.05, 3.63) is 0 Å². The summed E-state index contributed by atoms with van der Waals surface area (Å²) in [7, 11) is 0. The van der Waals surface area contributed by atoms with E-state index in [0.717, 1.165) is 19.6 Å². The van der Waals surface area contributed by atoms with E-state index in [0.29, 0.717) is 18.2 Å². The van der Waals surface area contributed by atoms with E-state index in [-0.39, 0.29) is 0 Å². The van der Waals surface area contributed by atoms with Gasteiger partial charge in [-0.25, -0.2) is 0 Å². The summed E-state index contributed by atoms with van der Waals surface area (Å²) < 4.78 is 5.86. The van der Waals surface area contributed by atoms with Gasteiger partial charge in [0.2, 0.25) is 0 Å². The van der Waals surface area contributed by atoms with Crippen molar-refractivity contribution in [1.82, 2.24) is 4.90 Å². The SMILES string of the molecule is CCSCCC(CN)N1CC2CCC(C1)O2. The van der Waals surface area contributed by atoms with Crippen molar-refractivity contribution in [3.8, 4) is 0 Å². The molecule has 4 heteroatoms. The molecule has 16 heavy (non-hydrogen) atoms. The number of fused-ring (bicyclic) bond motifs is 2. The molecule has 0 aliphatic carbocycles. The molecule has 2 fully saturated rings. The molecule has 2 bridgehead atoms. The number of ether oxygens (including phenoxy) is 1. The summed E-state index contributed by atoms with van der Waals surface area (Å²) in [6.45, 7) is 5.23. The fourth-order valence-electron chi connectivity index (χ4n) is 2.76. The zero-order chi connectivity index (χ0) is 11.4. The van der Waals surface area contributed by atoms with E-state index in [2.05, 4.69) is 11.8 Å². The highest BCUT2D eigenvalue weighted by atomic mass is 32.2. The standard InChI is InChI=1S/C12H24N2OS/c1-2-16-6-5-10(7-13)14-8-11-3-4-12(9-14)15-11/h10-12H,2-9,13H2,1H3. The summed E-state index contributed by atoms with van der Waals surface area (Å²) in [5.74, 6) is 2.46. The monoisotopic (exact) mass is 244 g/mol. The minimum atomic E-state index is 0.492. The topological polar surface area (TPSA) is 38.5 Å². The number of hydrogen-bond donors (Lipinski definition) is 1. The molecule has 0 aromatic carbocycles. The first-order valence-electron chi connectivity index (χ1n) is 6.50. The Morgan fingerprint density at radius 1 is 1.38 bits per heavy atom. The first-order chi connectivity index (χ1) is 7.83. The van der Waals surface area contributed by atoms with Gasteiger partial charge in [0.1, 0.15) is 0 Å². The lowest BCUT2D eigenvalue weighted by Gasteiger charge is -2.37. The maximum absolute atomic E-state index is 5.91. The first kappa shape index (κ1) is 12.7. The molecule has 3 unspecified atom stereocenters. The van der Waals surface area contributed by atoms with Gasteiger partial charge in [0, 0.05) is 25.7 Å². The predicted octanol–water partition coefficient (Wildman–Crippen LogP) is 1.32. The third-order valence-corrected chi connectivity index (χ3v) is 4.59. The Balaban J connectivity index is 1.79. The number of likely N-dealkylation sites (tertiary alicyclic amines) is 1. The van der Waals surface area contributed by atoms with Gasteiger partial charge in [-0.2, -0.15) is 11.8 Å². The zero-order valence-electron chi connectivity index (χ0n) is 10.2. The van der Waals surface area contributed by atoms with Crippen molar-refractivity contribution in [1.29, 1.82) is 0 Å². The molecular weight excluding hydrogens is 220 g/mol. The molecule has 3 nitrogen and oxygen atoms in total. The number of rotatable bonds is 6. The highest BCUT2D eigenvalue weighted by molar-refractivity contribution is 7.99. The smallest absolute Gasteiger partial charge is 0.0707 e. The molecule has 0 spiro atoms. The Bertz CT molecular complexity index is 203. The van der Waals surface area contributed by atoms with Gasteiger partial charge in [0.15, 0.2) is 0 Å². The van der Waals surface area contributed by atoms with Crippen LogP contribution in [0, 0.1) is 0 Å². The van der Waals surface area contributed by atoms with E-state index in [1.807, 2.05) is 11.8 Å². The molecule has 0 saturated carbocycles. The Hall–Kier alpha value is 0.230. The summed E-state index contributed by atoms with van der Waals surface area (Å²) in [6, 6.07) is 0.575. The van der Waals surface area contributed by atoms with Gasteiger partial charge in [-0.05, 0) is 30.8 Å². The van der Waals surface area contributed by atoms with Crippen LogP contribution in [0.1, 0.15) is 26.2 Å². The maximum atomic E-state index is 5.91.